The van der Waals surface area contributed by atoms with Crippen LogP contribution in [0, 0.1) is 11.8 Å². The molecule has 0 aliphatic carbocycles. The normalized spacial score (nSPS) is 36.2. The number of hydrogen-bond acceptors (Lipinski definition) is 3. The third kappa shape index (κ3) is 1.37. The first-order valence-corrected chi connectivity index (χ1v) is 4.99. The van der Waals surface area contributed by atoms with Crippen LogP contribution in [-0.4, -0.2) is 39.6 Å². The van der Waals surface area contributed by atoms with Crippen LogP contribution < -0.4 is 0 Å². The van der Waals surface area contributed by atoms with Gasteiger partial charge in [-0.25, -0.2) is 0 Å². The van der Waals surface area contributed by atoms with Gasteiger partial charge in [-0.2, -0.15) is 0 Å². The van der Waals surface area contributed by atoms with Crippen LogP contribution in [0.15, 0.2) is 0 Å². The van der Waals surface area contributed by atoms with Gasteiger partial charge in [-0.1, -0.05) is 0 Å². The molecule has 1 fully saturated rings. The van der Waals surface area contributed by atoms with Crippen molar-refractivity contribution in [3.8, 4) is 0 Å². The molecule has 0 aromatic rings. The lowest BCUT2D eigenvalue weighted by molar-refractivity contribution is -0.252. The number of rotatable bonds is 2. The Kier molecular flexibility index (Phi) is 2.94. The first-order chi connectivity index (χ1) is 6.30. The van der Waals surface area contributed by atoms with Gasteiger partial charge in [0.1, 0.15) is 0 Å². The molecule has 0 spiro atoms. The molecule has 1 aliphatic rings. The maximum atomic E-state index is 12.0. The number of nitrogens with zero attached hydrogens (tertiary/aromatic N) is 1. The number of aliphatic hydroxyl groups excluding tert-OH is 2. The van der Waals surface area contributed by atoms with Crippen molar-refractivity contribution in [2.45, 2.75) is 38.8 Å². The number of hydrogen-bond donors (Lipinski definition) is 2. The summed E-state index contributed by atoms with van der Waals surface area (Å²) in [4.78, 5) is 0. The highest BCUT2D eigenvalue weighted by molar-refractivity contribution is 5.07. The molecule has 0 unspecified atom stereocenters. The van der Waals surface area contributed by atoms with Crippen LogP contribution in [0.4, 0.5) is 0 Å². The lowest BCUT2D eigenvalue weighted by atomic mass is 9.78. The zero-order valence-corrected chi connectivity index (χ0v) is 9.32. The van der Waals surface area contributed by atoms with Crippen LogP contribution >= 0.6 is 0 Å². The molecule has 14 heavy (non-hydrogen) atoms. The maximum absolute atomic E-state index is 12.0. The Bertz CT molecular complexity index is 193. The summed E-state index contributed by atoms with van der Waals surface area (Å²) in [5, 5.41) is 31.6. The zero-order valence-electron chi connectivity index (χ0n) is 9.32. The maximum Gasteiger partial charge on any atom is 0.0497 e. The Hall–Kier alpha value is -0.160. The predicted molar refractivity (Wildman–Crippen MR) is 51.8 cm³/mol. The molecule has 0 amide bonds. The molecule has 83 valence electrons. The Morgan fingerprint density at radius 1 is 1.00 bits per heavy atom. The van der Waals surface area contributed by atoms with Crippen molar-refractivity contribution in [1.29, 1.82) is 0 Å². The molecule has 1 aliphatic heterocycles. The standard InChI is InChI=1S/C10H20NO3/c1-9(2)7(5-12)8(6-13)10(3,4)11(9)14/h7-8,12-13H,5-6H2,1-4H3/t7-,8-/m1/s1. The van der Waals surface area contributed by atoms with Crippen molar-refractivity contribution in [3.05, 3.63) is 0 Å². The van der Waals surface area contributed by atoms with Crippen molar-refractivity contribution >= 4 is 0 Å². The summed E-state index contributed by atoms with van der Waals surface area (Å²) in [5.74, 6) is -0.333. The minimum absolute atomic E-state index is 0.0552. The van der Waals surface area contributed by atoms with Gasteiger partial charge in [0.2, 0.25) is 0 Å². The van der Waals surface area contributed by atoms with Crippen LogP contribution in [0.3, 0.4) is 0 Å². The Morgan fingerprint density at radius 3 is 1.50 bits per heavy atom. The highest BCUT2D eigenvalue weighted by Crippen LogP contribution is 2.47. The van der Waals surface area contributed by atoms with E-state index in [1.165, 1.54) is 0 Å². The smallest absolute Gasteiger partial charge is 0.0497 e. The fraction of sp³-hybridized carbons (Fsp3) is 1.00. The second-order valence-electron chi connectivity index (χ2n) is 5.18. The summed E-state index contributed by atoms with van der Waals surface area (Å²) in [6.07, 6.45) is 0. The first-order valence-electron chi connectivity index (χ1n) is 4.99. The van der Waals surface area contributed by atoms with E-state index < -0.39 is 11.1 Å². The Labute approximate surface area is 85.1 Å². The molecule has 1 rings (SSSR count). The van der Waals surface area contributed by atoms with E-state index in [0.717, 1.165) is 5.06 Å². The molecule has 1 heterocycles. The quantitative estimate of drug-likeness (QED) is 0.682. The van der Waals surface area contributed by atoms with Crippen molar-refractivity contribution in [3.63, 3.8) is 0 Å². The molecule has 4 nitrogen and oxygen atoms in total. The average molecular weight is 202 g/mol. The van der Waals surface area contributed by atoms with E-state index in [2.05, 4.69) is 0 Å². The van der Waals surface area contributed by atoms with Crippen LogP contribution in [0.25, 0.3) is 0 Å². The molecular weight excluding hydrogens is 182 g/mol. The van der Waals surface area contributed by atoms with E-state index >= 15 is 0 Å². The third-order valence-electron chi connectivity index (χ3n) is 3.74. The second-order valence-corrected chi connectivity index (χ2v) is 5.18. The largest absolute Gasteiger partial charge is 0.396 e. The average Bonchev–Trinajstić information content (AvgIpc) is 2.22. The summed E-state index contributed by atoms with van der Waals surface area (Å²) in [7, 11) is 0. The van der Waals surface area contributed by atoms with Crippen LogP contribution in [0.2, 0.25) is 0 Å². The van der Waals surface area contributed by atoms with Gasteiger partial charge in [-0.05, 0) is 27.7 Å². The van der Waals surface area contributed by atoms with Gasteiger partial charge >= 0.3 is 0 Å². The van der Waals surface area contributed by atoms with Gasteiger partial charge in [0.15, 0.2) is 0 Å². The van der Waals surface area contributed by atoms with Crippen molar-refractivity contribution in [1.82, 2.24) is 5.06 Å². The molecular formula is C10H20NO3. The van der Waals surface area contributed by atoms with Crippen LogP contribution in [0.5, 0.6) is 0 Å². The fourth-order valence-electron chi connectivity index (χ4n) is 2.73. The van der Waals surface area contributed by atoms with E-state index in [1.54, 1.807) is 0 Å². The molecule has 1 radical (unpaired) electrons. The van der Waals surface area contributed by atoms with Gasteiger partial charge in [-0.15, -0.1) is 10.3 Å². The minimum Gasteiger partial charge on any atom is -0.396 e. The van der Waals surface area contributed by atoms with E-state index in [4.69, 9.17) is 0 Å². The van der Waals surface area contributed by atoms with Gasteiger partial charge in [-0.3, -0.25) is 0 Å². The molecule has 0 aromatic carbocycles. The van der Waals surface area contributed by atoms with Gasteiger partial charge < -0.3 is 10.2 Å². The van der Waals surface area contributed by atoms with Crippen molar-refractivity contribution < 1.29 is 15.4 Å². The lowest BCUT2D eigenvalue weighted by Crippen LogP contribution is -2.47. The predicted octanol–water partition coefficient (Wildman–Crippen LogP) is 0.422. The SMILES string of the molecule is CC1(C)[C@H](CO)[C@@H](CO)C(C)(C)N1[O]. The monoisotopic (exact) mass is 202 g/mol. The molecule has 4 heteroatoms. The molecule has 1 saturated heterocycles. The highest BCUT2D eigenvalue weighted by Gasteiger charge is 2.58. The van der Waals surface area contributed by atoms with E-state index in [9.17, 15) is 15.4 Å². The summed E-state index contributed by atoms with van der Waals surface area (Å²) in [6, 6.07) is 0. The number of aliphatic hydroxyl groups is 2. The van der Waals surface area contributed by atoms with Crippen molar-refractivity contribution in [2.24, 2.45) is 11.8 Å². The van der Waals surface area contributed by atoms with E-state index in [0.29, 0.717) is 0 Å². The number of hydroxylamine groups is 2. The highest BCUT2D eigenvalue weighted by atomic mass is 16.5. The second kappa shape index (κ2) is 3.45. The van der Waals surface area contributed by atoms with Gasteiger partial charge in [0.25, 0.3) is 0 Å². The summed E-state index contributed by atoms with van der Waals surface area (Å²) >= 11 is 0. The van der Waals surface area contributed by atoms with Crippen LogP contribution in [-0.2, 0) is 5.21 Å². The summed E-state index contributed by atoms with van der Waals surface area (Å²) in [5.41, 5.74) is -1.21. The van der Waals surface area contributed by atoms with Crippen LogP contribution in [0.1, 0.15) is 27.7 Å². The van der Waals surface area contributed by atoms with Gasteiger partial charge in [0, 0.05) is 36.1 Å². The van der Waals surface area contributed by atoms with Gasteiger partial charge in [0.05, 0.1) is 0 Å². The van der Waals surface area contributed by atoms with E-state index in [-0.39, 0.29) is 25.0 Å². The zero-order chi connectivity index (χ0) is 11.1. The van der Waals surface area contributed by atoms with Crippen molar-refractivity contribution in [2.75, 3.05) is 13.2 Å². The summed E-state index contributed by atoms with van der Waals surface area (Å²) in [6.45, 7) is 7.16. The topological polar surface area (TPSA) is 63.6 Å². The lowest BCUT2D eigenvalue weighted by Gasteiger charge is -2.33. The summed E-state index contributed by atoms with van der Waals surface area (Å²) < 4.78 is 0. The third-order valence-corrected chi connectivity index (χ3v) is 3.74. The Morgan fingerprint density at radius 2 is 1.29 bits per heavy atom. The van der Waals surface area contributed by atoms with E-state index in [1.807, 2.05) is 27.7 Å². The molecule has 2 N–H and O–H groups in total. The molecule has 2 atom stereocenters. The first kappa shape index (κ1) is 11.9. The fourth-order valence-corrected chi connectivity index (χ4v) is 2.73. The Balaban J connectivity index is 3.07. The molecule has 0 saturated carbocycles. The minimum atomic E-state index is -0.606. The molecule has 0 bridgehead atoms. The molecule has 0 aromatic heterocycles.